The first-order chi connectivity index (χ1) is 14.2. The Morgan fingerprint density at radius 2 is 2.00 bits per heavy atom. The Morgan fingerprint density at radius 3 is 2.76 bits per heavy atom. The van der Waals surface area contributed by atoms with E-state index in [0.717, 1.165) is 21.8 Å². The topological polar surface area (TPSA) is 68.5 Å². The molecule has 6 nitrogen and oxygen atoms in total. The summed E-state index contributed by atoms with van der Waals surface area (Å²) in [6.07, 6.45) is 3.51. The quantitative estimate of drug-likeness (QED) is 0.385. The van der Waals surface area contributed by atoms with Gasteiger partial charge in [0.15, 0.2) is 0 Å². The number of carbonyl (C=O) groups excluding carboxylic acids is 1. The van der Waals surface area contributed by atoms with Gasteiger partial charge in [-0.1, -0.05) is 30.3 Å². The van der Waals surface area contributed by atoms with E-state index < -0.39 is 0 Å². The number of aromatic nitrogens is 2. The van der Waals surface area contributed by atoms with Gasteiger partial charge in [0.1, 0.15) is 11.4 Å². The Labute approximate surface area is 172 Å². The van der Waals surface area contributed by atoms with E-state index in [0.29, 0.717) is 11.3 Å². The molecule has 0 aliphatic heterocycles. The Kier molecular flexibility index (Phi) is 5.49. The number of ether oxygens (including phenoxy) is 1. The monoisotopic (exact) mass is 402 g/mol. The zero-order valence-electron chi connectivity index (χ0n) is 15.6. The summed E-state index contributed by atoms with van der Waals surface area (Å²) in [6, 6.07) is 20.8. The van der Waals surface area contributed by atoms with Crippen LogP contribution in [0.1, 0.15) is 15.9 Å². The Morgan fingerprint density at radius 1 is 1.14 bits per heavy atom. The summed E-state index contributed by atoms with van der Waals surface area (Å²) in [4.78, 5) is 13.4. The number of hydrazone groups is 1. The Bertz CT molecular complexity index is 1130. The molecule has 0 atom stereocenters. The number of hydrogen-bond acceptors (Lipinski definition) is 5. The van der Waals surface area contributed by atoms with Crippen LogP contribution in [0, 0.1) is 0 Å². The maximum absolute atomic E-state index is 12.3. The largest absolute Gasteiger partial charge is 0.497 e. The highest BCUT2D eigenvalue weighted by Gasteiger charge is 2.12. The average molecular weight is 402 g/mol. The molecule has 7 heteroatoms. The molecule has 0 bridgehead atoms. The lowest BCUT2D eigenvalue weighted by molar-refractivity contribution is 0.0955. The van der Waals surface area contributed by atoms with E-state index in [2.05, 4.69) is 10.5 Å². The number of methoxy groups -OCH3 is 1. The van der Waals surface area contributed by atoms with E-state index in [4.69, 9.17) is 9.84 Å². The van der Waals surface area contributed by atoms with Crippen molar-refractivity contribution in [1.82, 2.24) is 15.2 Å². The van der Waals surface area contributed by atoms with Crippen LogP contribution in [-0.4, -0.2) is 29.0 Å². The molecule has 0 fully saturated rings. The molecule has 0 saturated carbocycles. The highest BCUT2D eigenvalue weighted by atomic mass is 32.1. The van der Waals surface area contributed by atoms with Gasteiger partial charge in [0.05, 0.1) is 23.9 Å². The van der Waals surface area contributed by atoms with Crippen molar-refractivity contribution >= 4 is 23.5 Å². The first kappa shape index (κ1) is 18.6. The standard InChI is InChI=1S/C22H18N4O2S/c1-28-19-10-5-7-16(13-19)22(27)24-23-14-17-15-26(18-8-3-2-4-9-18)25-21(17)20-11-6-12-29-20/h2-15H,1H3,(H,24,27)/b23-14-. The SMILES string of the molecule is COc1cccc(C(=O)N/N=C\c2cn(-c3ccccc3)nc2-c2cccs2)c1. The van der Waals surface area contributed by atoms with Crippen molar-refractivity contribution in [2.75, 3.05) is 7.11 Å². The van der Waals surface area contributed by atoms with E-state index in [1.807, 2.05) is 54.0 Å². The number of rotatable bonds is 6. The van der Waals surface area contributed by atoms with Gasteiger partial charge >= 0.3 is 0 Å². The van der Waals surface area contributed by atoms with Crippen molar-refractivity contribution in [3.8, 4) is 22.0 Å². The first-order valence-electron chi connectivity index (χ1n) is 8.91. The highest BCUT2D eigenvalue weighted by Crippen LogP contribution is 2.26. The molecule has 0 saturated heterocycles. The van der Waals surface area contributed by atoms with Crippen LogP contribution in [-0.2, 0) is 0 Å². The van der Waals surface area contributed by atoms with Crippen molar-refractivity contribution in [1.29, 1.82) is 0 Å². The molecule has 0 radical (unpaired) electrons. The maximum atomic E-state index is 12.3. The van der Waals surface area contributed by atoms with Gasteiger partial charge in [0, 0.05) is 17.3 Å². The molecule has 0 aliphatic carbocycles. The minimum atomic E-state index is -0.312. The second-order valence-electron chi connectivity index (χ2n) is 6.12. The van der Waals surface area contributed by atoms with Crippen molar-refractivity contribution in [2.45, 2.75) is 0 Å². The van der Waals surface area contributed by atoms with Gasteiger partial charge in [-0.15, -0.1) is 11.3 Å². The number of nitrogens with one attached hydrogen (secondary N) is 1. The summed E-state index contributed by atoms with van der Waals surface area (Å²) < 4.78 is 6.96. The minimum Gasteiger partial charge on any atom is -0.497 e. The van der Waals surface area contributed by atoms with Gasteiger partial charge in [0.2, 0.25) is 0 Å². The molecule has 1 amide bonds. The van der Waals surface area contributed by atoms with Gasteiger partial charge < -0.3 is 4.74 Å². The van der Waals surface area contributed by atoms with E-state index in [1.165, 1.54) is 0 Å². The number of hydrogen-bond donors (Lipinski definition) is 1. The zero-order chi connectivity index (χ0) is 20.1. The van der Waals surface area contributed by atoms with Crippen LogP contribution < -0.4 is 10.2 Å². The highest BCUT2D eigenvalue weighted by molar-refractivity contribution is 7.13. The van der Waals surface area contributed by atoms with Crippen LogP contribution in [0.4, 0.5) is 0 Å². The number of amides is 1. The van der Waals surface area contributed by atoms with Crippen LogP contribution in [0.25, 0.3) is 16.3 Å². The van der Waals surface area contributed by atoms with Crippen molar-refractivity contribution in [3.63, 3.8) is 0 Å². The molecule has 4 rings (SSSR count). The van der Waals surface area contributed by atoms with E-state index >= 15 is 0 Å². The second-order valence-corrected chi connectivity index (χ2v) is 7.07. The predicted octanol–water partition coefficient (Wildman–Crippen LogP) is 4.37. The van der Waals surface area contributed by atoms with Gasteiger partial charge in [-0.3, -0.25) is 4.79 Å². The van der Waals surface area contributed by atoms with Crippen molar-refractivity contribution in [3.05, 3.63) is 89.4 Å². The van der Waals surface area contributed by atoms with E-state index in [-0.39, 0.29) is 5.91 Å². The summed E-state index contributed by atoms with van der Waals surface area (Å²) in [5.74, 6) is 0.305. The molecule has 29 heavy (non-hydrogen) atoms. The lowest BCUT2D eigenvalue weighted by Gasteiger charge is -2.02. The van der Waals surface area contributed by atoms with Gasteiger partial charge in [0.25, 0.3) is 5.91 Å². The van der Waals surface area contributed by atoms with Gasteiger partial charge in [-0.25, -0.2) is 10.1 Å². The van der Waals surface area contributed by atoms with Crippen LogP contribution in [0.15, 0.2) is 83.4 Å². The fourth-order valence-electron chi connectivity index (χ4n) is 2.79. The summed E-state index contributed by atoms with van der Waals surface area (Å²) in [6.45, 7) is 0. The number of para-hydroxylation sites is 1. The average Bonchev–Trinajstić information content (AvgIpc) is 3.44. The Hall–Kier alpha value is -3.71. The fourth-order valence-corrected chi connectivity index (χ4v) is 3.52. The smallest absolute Gasteiger partial charge is 0.271 e. The second kappa shape index (κ2) is 8.53. The molecule has 2 aromatic carbocycles. The number of carbonyl (C=O) groups is 1. The number of nitrogens with zero attached hydrogens (tertiary/aromatic N) is 3. The molecular weight excluding hydrogens is 384 g/mol. The maximum Gasteiger partial charge on any atom is 0.271 e. The van der Waals surface area contributed by atoms with Crippen LogP contribution in [0.2, 0.25) is 0 Å². The lowest BCUT2D eigenvalue weighted by Crippen LogP contribution is -2.17. The first-order valence-corrected chi connectivity index (χ1v) is 9.79. The molecule has 144 valence electrons. The molecule has 2 aromatic heterocycles. The molecule has 2 heterocycles. The molecule has 0 aliphatic rings. The zero-order valence-corrected chi connectivity index (χ0v) is 16.5. The van der Waals surface area contributed by atoms with Crippen molar-refractivity contribution in [2.24, 2.45) is 5.10 Å². The molecule has 0 spiro atoms. The summed E-state index contributed by atoms with van der Waals surface area (Å²) in [5.41, 5.74) is 5.60. The van der Waals surface area contributed by atoms with E-state index in [9.17, 15) is 4.79 Å². The third kappa shape index (κ3) is 4.25. The lowest BCUT2D eigenvalue weighted by atomic mass is 10.2. The van der Waals surface area contributed by atoms with Gasteiger partial charge in [-0.2, -0.15) is 10.2 Å². The fraction of sp³-hybridized carbons (Fsp3) is 0.0455. The third-order valence-corrected chi connectivity index (χ3v) is 5.10. The van der Waals surface area contributed by atoms with Crippen LogP contribution >= 0.6 is 11.3 Å². The predicted molar refractivity (Wildman–Crippen MR) is 115 cm³/mol. The summed E-state index contributed by atoms with van der Waals surface area (Å²) in [7, 11) is 1.56. The van der Waals surface area contributed by atoms with Crippen molar-refractivity contribution < 1.29 is 9.53 Å². The Balaban J connectivity index is 1.58. The van der Waals surface area contributed by atoms with Crippen LogP contribution in [0.3, 0.4) is 0 Å². The van der Waals surface area contributed by atoms with Crippen LogP contribution in [0.5, 0.6) is 5.75 Å². The normalized spacial score (nSPS) is 10.9. The number of thiophene rings is 1. The summed E-state index contributed by atoms with van der Waals surface area (Å²) >= 11 is 1.60. The molecule has 1 N–H and O–H groups in total. The molecule has 4 aromatic rings. The minimum absolute atomic E-state index is 0.312. The molecule has 0 unspecified atom stereocenters. The molecular formula is C22H18N4O2S. The third-order valence-electron chi connectivity index (χ3n) is 4.22. The van der Waals surface area contributed by atoms with Gasteiger partial charge in [-0.05, 0) is 41.8 Å². The van der Waals surface area contributed by atoms with E-state index in [1.54, 1.807) is 53.6 Å². The summed E-state index contributed by atoms with van der Waals surface area (Å²) in [5, 5.41) is 10.8. The number of benzene rings is 2.